The number of fused-ring (bicyclic) bond motifs is 7. The van der Waals surface area contributed by atoms with Gasteiger partial charge in [-0.2, -0.15) is 5.26 Å². The van der Waals surface area contributed by atoms with Crippen LogP contribution in [0.3, 0.4) is 0 Å². The van der Waals surface area contributed by atoms with Crippen LogP contribution in [0.15, 0.2) is 48.7 Å². The molecule has 3 aliphatic heterocycles. The van der Waals surface area contributed by atoms with E-state index in [4.69, 9.17) is 23.7 Å². The molecule has 2 bridgehead atoms. The first-order valence-corrected chi connectivity index (χ1v) is 13.9. The van der Waals surface area contributed by atoms with Crippen molar-refractivity contribution in [1.29, 1.82) is 5.26 Å². The first kappa shape index (κ1) is 27.8. The Hall–Kier alpha value is -4.33. The van der Waals surface area contributed by atoms with Crippen molar-refractivity contribution in [3.8, 4) is 29.1 Å². The number of likely N-dealkylation sites (N-methyl/N-ethyl adjacent to an activating group) is 1. The zero-order valence-electron chi connectivity index (χ0n) is 24.4. The number of rotatable bonds is 7. The highest BCUT2D eigenvalue weighted by molar-refractivity contribution is 5.87. The van der Waals surface area contributed by atoms with Crippen molar-refractivity contribution in [3.05, 3.63) is 76.6 Å². The smallest absolute Gasteiger partial charge is 0.356 e. The molecule has 2 aromatic carbocycles. The molecule has 0 spiro atoms. The van der Waals surface area contributed by atoms with Gasteiger partial charge in [0.25, 0.3) is 0 Å². The van der Waals surface area contributed by atoms with Gasteiger partial charge in [0.05, 0.1) is 46.6 Å². The second kappa shape index (κ2) is 11.2. The molecule has 0 N–H and O–H groups in total. The molecule has 3 aliphatic rings. The SMILES string of the molecule is COc1cc2c(cc1OC)[C@@H]1[C@@H]3Cc4cc(OC)c(OC)cc4[C@H](COC(=O)c4ccccn4)N3[C@@H](C#N)[C@H](C2)N1C. The maximum absolute atomic E-state index is 13.0. The number of hydrogen-bond donors (Lipinski definition) is 0. The van der Waals surface area contributed by atoms with Crippen LogP contribution in [-0.2, 0) is 17.6 Å². The molecule has 1 saturated heterocycles. The van der Waals surface area contributed by atoms with Gasteiger partial charge in [-0.15, -0.1) is 0 Å². The van der Waals surface area contributed by atoms with Gasteiger partial charge in [-0.3, -0.25) is 9.80 Å². The molecule has 42 heavy (non-hydrogen) atoms. The standard InChI is InChI=1S/C32H34N4O6/c1-35-23-10-19-13-28(39-3)30(41-5)15-21(19)31(35)24-11-18-12-27(38-2)29(40-4)14-20(18)26(36(24)25(23)16-33)17-42-32(37)22-8-6-7-9-34-22/h6-9,12-15,23-26,31H,10-11,17H2,1-5H3/t23-,24-,25-,26-,31+/m0/s1. The Morgan fingerprint density at radius 3 is 2.10 bits per heavy atom. The summed E-state index contributed by atoms with van der Waals surface area (Å²) >= 11 is 0. The summed E-state index contributed by atoms with van der Waals surface area (Å²) in [6.07, 6.45) is 2.89. The van der Waals surface area contributed by atoms with Crippen molar-refractivity contribution < 1.29 is 28.5 Å². The van der Waals surface area contributed by atoms with E-state index in [0.717, 1.165) is 22.3 Å². The Bertz CT molecular complexity index is 1540. The number of benzene rings is 2. The molecule has 10 heteroatoms. The van der Waals surface area contributed by atoms with Gasteiger partial charge >= 0.3 is 5.97 Å². The molecule has 0 saturated carbocycles. The van der Waals surface area contributed by atoms with Crippen molar-refractivity contribution >= 4 is 5.97 Å². The summed E-state index contributed by atoms with van der Waals surface area (Å²) in [5.41, 5.74) is 4.54. The van der Waals surface area contributed by atoms with Crippen molar-refractivity contribution in [2.75, 3.05) is 42.1 Å². The van der Waals surface area contributed by atoms with E-state index >= 15 is 0 Å². The molecule has 218 valence electrons. The van der Waals surface area contributed by atoms with Crippen LogP contribution in [0.25, 0.3) is 0 Å². The van der Waals surface area contributed by atoms with Gasteiger partial charge in [0.1, 0.15) is 18.3 Å². The Morgan fingerprint density at radius 1 is 0.905 bits per heavy atom. The van der Waals surface area contributed by atoms with Crippen molar-refractivity contribution in [3.63, 3.8) is 0 Å². The number of piperazine rings is 1. The average Bonchev–Trinajstić information content (AvgIpc) is 3.02. The minimum absolute atomic E-state index is 0.0432. The lowest BCUT2D eigenvalue weighted by atomic mass is 9.72. The number of methoxy groups -OCH3 is 4. The van der Waals surface area contributed by atoms with E-state index in [1.54, 1.807) is 52.8 Å². The zero-order chi connectivity index (χ0) is 29.5. The van der Waals surface area contributed by atoms with E-state index in [1.807, 2.05) is 18.2 Å². The summed E-state index contributed by atoms with van der Waals surface area (Å²) in [5, 5.41) is 10.7. The largest absolute Gasteiger partial charge is 0.493 e. The summed E-state index contributed by atoms with van der Waals surface area (Å²) in [7, 11) is 8.59. The van der Waals surface area contributed by atoms with E-state index in [2.05, 4.69) is 34.0 Å². The summed E-state index contributed by atoms with van der Waals surface area (Å²) < 4.78 is 28.5. The van der Waals surface area contributed by atoms with Gasteiger partial charge in [-0.1, -0.05) is 6.07 Å². The zero-order valence-corrected chi connectivity index (χ0v) is 24.4. The number of carbonyl (C=O) groups excluding carboxylic acids is 1. The van der Waals surface area contributed by atoms with Gasteiger partial charge < -0.3 is 23.7 Å². The molecule has 0 amide bonds. The quantitative estimate of drug-likeness (QED) is 0.390. The highest BCUT2D eigenvalue weighted by atomic mass is 16.5. The number of aromatic nitrogens is 1. The van der Waals surface area contributed by atoms with Crippen LogP contribution >= 0.6 is 0 Å². The van der Waals surface area contributed by atoms with Crippen LogP contribution in [0, 0.1) is 11.3 Å². The van der Waals surface area contributed by atoms with Gasteiger partial charge in [0, 0.05) is 18.3 Å². The molecular weight excluding hydrogens is 536 g/mol. The topological polar surface area (TPSA) is 106 Å². The van der Waals surface area contributed by atoms with Crippen LogP contribution in [-0.4, -0.2) is 81.0 Å². The maximum Gasteiger partial charge on any atom is 0.356 e. The number of carbonyl (C=O) groups is 1. The second-order valence-electron chi connectivity index (χ2n) is 10.8. The molecule has 1 fully saturated rings. The predicted molar refractivity (Wildman–Crippen MR) is 153 cm³/mol. The van der Waals surface area contributed by atoms with Crippen molar-refractivity contribution in [2.45, 2.75) is 43.1 Å². The third-order valence-electron chi connectivity index (χ3n) is 8.96. The highest BCUT2D eigenvalue weighted by Gasteiger charge is 2.54. The van der Waals surface area contributed by atoms with Crippen LogP contribution in [0.5, 0.6) is 23.0 Å². The maximum atomic E-state index is 13.0. The van der Waals surface area contributed by atoms with E-state index in [0.29, 0.717) is 35.8 Å². The van der Waals surface area contributed by atoms with Crippen molar-refractivity contribution in [1.82, 2.24) is 14.8 Å². The highest BCUT2D eigenvalue weighted by Crippen LogP contribution is 2.52. The first-order chi connectivity index (χ1) is 20.4. The molecule has 0 unspecified atom stereocenters. The molecule has 1 aromatic heterocycles. The molecule has 4 heterocycles. The lowest BCUT2D eigenvalue weighted by Gasteiger charge is -2.59. The predicted octanol–water partition coefficient (Wildman–Crippen LogP) is 3.74. The third-order valence-corrected chi connectivity index (χ3v) is 8.96. The number of pyridine rings is 1. The number of nitrogens with zero attached hydrogens (tertiary/aromatic N) is 4. The fourth-order valence-electron chi connectivity index (χ4n) is 7.06. The minimum atomic E-state index is -0.509. The summed E-state index contributed by atoms with van der Waals surface area (Å²) in [6, 6.07) is 14.7. The minimum Gasteiger partial charge on any atom is -0.493 e. The molecular formula is C32H34N4O6. The fraction of sp³-hybridized carbons (Fsp3) is 0.406. The third kappa shape index (κ3) is 4.40. The summed E-state index contributed by atoms with van der Waals surface area (Å²) in [6.45, 7) is 0.0501. The van der Waals surface area contributed by atoms with Crippen molar-refractivity contribution in [2.24, 2.45) is 0 Å². The van der Waals surface area contributed by atoms with Gasteiger partial charge in [0.2, 0.25) is 0 Å². The number of ether oxygens (including phenoxy) is 5. The molecule has 0 aliphatic carbocycles. The summed E-state index contributed by atoms with van der Waals surface area (Å²) in [5.74, 6) is 2.05. The van der Waals surface area contributed by atoms with Gasteiger partial charge in [0.15, 0.2) is 23.0 Å². The van der Waals surface area contributed by atoms with E-state index in [1.165, 1.54) is 0 Å². The van der Waals surface area contributed by atoms with E-state index in [9.17, 15) is 10.1 Å². The fourth-order valence-corrected chi connectivity index (χ4v) is 7.06. The van der Waals surface area contributed by atoms with E-state index in [-0.39, 0.29) is 30.4 Å². The molecule has 3 aromatic rings. The normalized spacial score (nSPS) is 24.3. The lowest BCUT2D eigenvalue weighted by molar-refractivity contribution is -0.0833. The molecule has 10 nitrogen and oxygen atoms in total. The monoisotopic (exact) mass is 570 g/mol. The Balaban J connectivity index is 1.48. The Kier molecular flexibility index (Phi) is 7.39. The number of nitriles is 1. The Labute approximate surface area is 245 Å². The number of esters is 1. The van der Waals surface area contributed by atoms with Gasteiger partial charge in [-0.25, -0.2) is 9.78 Å². The summed E-state index contributed by atoms with van der Waals surface area (Å²) in [4.78, 5) is 21.8. The van der Waals surface area contributed by atoms with E-state index < -0.39 is 18.1 Å². The second-order valence-corrected chi connectivity index (χ2v) is 10.8. The van der Waals surface area contributed by atoms with Crippen LogP contribution in [0.1, 0.15) is 44.8 Å². The van der Waals surface area contributed by atoms with Gasteiger partial charge in [-0.05, 0) is 78.5 Å². The number of hydrogen-bond acceptors (Lipinski definition) is 10. The lowest BCUT2D eigenvalue weighted by Crippen LogP contribution is -2.68. The van der Waals surface area contributed by atoms with Crippen LogP contribution in [0.4, 0.5) is 0 Å². The average molecular weight is 571 g/mol. The van der Waals surface area contributed by atoms with Crippen LogP contribution in [0.2, 0.25) is 0 Å². The first-order valence-electron chi connectivity index (χ1n) is 13.9. The molecule has 0 radical (unpaired) electrons. The molecule has 5 atom stereocenters. The van der Waals surface area contributed by atoms with Crippen LogP contribution < -0.4 is 18.9 Å². The molecule has 6 rings (SSSR count). The Morgan fingerprint density at radius 2 is 1.50 bits per heavy atom.